The molecule has 3 aliphatic heterocycles. The first-order chi connectivity index (χ1) is 19.5. The summed E-state index contributed by atoms with van der Waals surface area (Å²) >= 11 is 0. The number of hydrogen-bond acceptors (Lipinski definition) is 16. The molecule has 16 nitrogen and oxygen atoms in total. The van der Waals surface area contributed by atoms with E-state index in [-0.39, 0.29) is 13.2 Å². The lowest BCUT2D eigenvalue weighted by Crippen LogP contribution is -2.65. The summed E-state index contributed by atoms with van der Waals surface area (Å²) in [4.78, 5) is 0. The van der Waals surface area contributed by atoms with Crippen molar-refractivity contribution in [2.24, 2.45) is 0 Å². The Bertz CT molecular complexity index is 774. The molecule has 0 bridgehead atoms. The molecule has 10 N–H and O–H groups in total. The zero-order valence-electron chi connectivity index (χ0n) is 22.5. The maximum atomic E-state index is 11.0. The lowest BCUT2D eigenvalue weighted by Gasteiger charge is -2.46. The van der Waals surface area contributed by atoms with E-state index in [1.807, 2.05) is 0 Å². The van der Waals surface area contributed by atoms with Crippen molar-refractivity contribution in [3.8, 4) is 0 Å². The minimum Gasteiger partial charge on any atom is -0.396 e. The topological polar surface area (TPSA) is 258 Å². The molecule has 0 aliphatic carbocycles. The molecule has 3 rings (SSSR count). The molecular formula is C25H44O16. The van der Waals surface area contributed by atoms with Crippen molar-refractivity contribution in [2.75, 3.05) is 26.4 Å². The maximum Gasteiger partial charge on any atom is 0.187 e. The van der Waals surface area contributed by atoms with Gasteiger partial charge < -0.3 is 79.5 Å². The molecule has 41 heavy (non-hydrogen) atoms. The van der Waals surface area contributed by atoms with Crippen LogP contribution in [0.5, 0.6) is 0 Å². The van der Waals surface area contributed by atoms with Crippen LogP contribution >= 0.6 is 0 Å². The molecule has 0 aromatic carbocycles. The second-order valence-corrected chi connectivity index (χ2v) is 10.4. The van der Waals surface area contributed by atoms with E-state index < -0.39 is 105 Å². The molecule has 0 aromatic heterocycles. The average Bonchev–Trinajstić information content (AvgIpc) is 2.96. The van der Waals surface area contributed by atoms with Gasteiger partial charge in [0, 0.05) is 6.61 Å². The van der Waals surface area contributed by atoms with Crippen molar-refractivity contribution >= 4 is 0 Å². The van der Waals surface area contributed by atoms with Gasteiger partial charge in [-0.2, -0.15) is 0 Å². The molecule has 15 atom stereocenters. The zero-order valence-corrected chi connectivity index (χ0v) is 22.5. The van der Waals surface area contributed by atoms with E-state index in [0.29, 0.717) is 25.7 Å². The number of ether oxygens (including phenoxy) is 6. The predicted molar refractivity (Wildman–Crippen MR) is 134 cm³/mol. The lowest BCUT2D eigenvalue weighted by molar-refractivity contribution is -0.373. The second kappa shape index (κ2) is 16.2. The zero-order chi connectivity index (χ0) is 30.3. The highest BCUT2D eigenvalue weighted by Crippen LogP contribution is 2.31. The van der Waals surface area contributed by atoms with Crippen LogP contribution < -0.4 is 0 Å². The summed E-state index contributed by atoms with van der Waals surface area (Å²) in [7, 11) is 0. The van der Waals surface area contributed by atoms with E-state index in [9.17, 15) is 46.0 Å². The van der Waals surface area contributed by atoms with Crippen molar-refractivity contribution in [1.29, 1.82) is 0 Å². The highest BCUT2D eigenvalue weighted by atomic mass is 16.8. The normalized spacial score (nSPS) is 44.4. The number of unbranched alkanes of at least 4 members (excludes halogenated alkanes) is 2. The Kier molecular flexibility index (Phi) is 13.7. The number of hydrogen-bond donors (Lipinski definition) is 10. The quantitative estimate of drug-likeness (QED) is 0.0663. The van der Waals surface area contributed by atoms with Gasteiger partial charge >= 0.3 is 0 Å². The number of rotatable bonds is 14. The van der Waals surface area contributed by atoms with Gasteiger partial charge in [-0.15, -0.1) is 6.58 Å². The van der Waals surface area contributed by atoms with Gasteiger partial charge in [-0.05, 0) is 12.8 Å². The molecule has 0 aromatic rings. The van der Waals surface area contributed by atoms with Gasteiger partial charge in [0.2, 0.25) is 0 Å². The van der Waals surface area contributed by atoms with Gasteiger partial charge in [0.25, 0.3) is 0 Å². The third-order valence-electron chi connectivity index (χ3n) is 7.38. The number of aliphatic hydroxyl groups is 10. The molecule has 0 spiro atoms. The minimum absolute atomic E-state index is 0.0293. The Balaban J connectivity index is 1.74. The van der Waals surface area contributed by atoms with Gasteiger partial charge in [-0.25, -0.2) is 0 Å². The van der Waals surface area contributed by atoms with Crippen molar-refractivity contribution in [3.05, 3.63) is 12.7 Å². The summed E-state index contributed by atoms with van der Waals surface area (Å²) < 4.78 is 33.6. The molecule has 3 fully saturated rings. The molecule has 3 heterocycles. The fraction of sp³-hybridized carbons (Fsp3) is 0.920. The van der Waals surface area contributed by atoms with Crippen molar-refractivity contribution < 1.29 is 79.5 Å². The molecular weight excluding hydrogens is 556 g/mol. The Morgan fingerprint density at radius 1 is 0.732 bits per heavy atom. The maximum absolute atomic E-state index is 11.0. The molecule has 16 heteroatoms. The first-order valence-electron chi connectivity index (χ1n) is 13.7. The standard InChI is InChI=1S/C25H44O16/c1-2-11(6-4-3-5-7-26)38-25-22(41-24-21(35)18(32)16(30)13(8-27)39-24)19(33)17(31)14(40-25)10-37-23-20(34)15(29)12(28)9-36-23/h2,11-35H,1,3-10H2/t11-,12-,13+,14+,15-,16+,17+,18-,19-,20+,21+,22+,23-,24-,25+/m0/s1. The summed E-state index contributed by atoms with van der Waals surface area (Å²) in [6.45, 7) is 2.26. The second-order valence-electron chi connectivity index (χ2n) is 10.4. The van der Waals surface area contributed by atoms with Crippen molar-refractivity contribution in [2.45, 2.75) is 118 Å². The van der Waals surface area contributed by atoms with Crippen LogP contribution in [-0.4, -0.2) is 170 Å². The van der Waals surface area contributed by atoms with E-state index in [2.05, 4.69) is 6.58 Å². The lowest BCUT2D eigenvalue weighted by atomic mass is 9.97. The monoisotopic (exact) mass is 600 g/mol. The van der Waals surface area contributed by atoms with E-state index in [4.69, 9.17) is 33.5 Å². The Labute approximate surface area is 236 Å². The van der Waals surface area contributed by atoms with Crippen LogP contribution in [0.2, 0.25) is 0 Å². The molecule has 0 saturated carbocycles. The summed E-state index contributed by atoms with van der Waals surface area (Å²) in [6.07, 6.45) is -18.5. The number of aliphatic hydroxyl groups excluding tert-OH is 10. The van der Waals surface area contributed by atoms with Crippen LogP contribution in [0.1, 0.15) is 25.7 Å². The predicted octanol–water partition coefficient (Wildman–Crippen LogP) is -4.80. The molecule has 240 valence electrons. The molecule has 0 radical (unpaired) electrons. The Morgan fingerprint density at radius 2 is 1.39 bits per heavy atom. The summed E-state index contributed by atoms with van der Waals surface area (Å²) in [5.41, 5.74) is 0. The van der Waals surface area contributed by atoms with E-state index in [1.165, 1.54) is 6.08 Å². The first-order valence-corrected chi connectivity index (χ1v) is 13.7. The van der Waals surface area contributed by atoms with Crippen LogP contribution in [-0.2, 0) is 28.4 Å². The highest BCUT2D eigenvalue weighted by molar-refractivity contribution is 4.95. The highest BCUT2D eigenvalue weighted by Gasteiger charge is 2.51. The fourth-order valence-electron chi connectivity index (χ4n) is 4.80. The smallest absolute Gasteiger partial charge is 0.187 e. The summed E-state index contributed by atoms with van der Waals surface area (Å²) in [6, 6.07) is 0. The van der Waals surface area contributed by atoms with Crippen LogP contribution in [0.15, 0.2) is 12.7 Å². The SMILES string of the molecule is C=C[C@@H](CCCCCO)O[C@@H]1O[C@H](CO[C@@H]2OC[C@H](O)[C@H](O)[C@H]2O)[C@@H](O)[C@H](O)[C@H]1O[C@@H]1O[C@H](CO)[C@@H](O)[C@H](O)[C@H]1O. The van der Waals surface area contributed by atoms with Gasteiger partial charge in [0.1, 0.15) is 67.1 Å². The molecule has 3 aliphatic rings. The molecule has 0 amide bonds. The van der Waals surface area contributed by atoms with Crippen LogP contribution in [0.3, 0.4) is 0 Å². The largest absolute Gasteiger partial charge is 0.396 e. The first kappa shape index (κ1) is 34.6. The van der Waals surface area contributed by atoms with Gasteiger partial charge in [0.05, 0.1) is 25.9 Å². The summed E-state index contributed by atoms with van der Waals surface area (Å²) in [5.74, 6) is 0. The van der Waals surface area contributed by atoms with Crippen LogP contribution in [0.4, 0.5) is 0 Å². The Hall–Kier alpha value is -0.900. The van der Waals surface area contributed by atoms with Crippen molar-refractivity contribution in [3.63, 3.8) is 0 Å². The Morgan fingerprint density at radius 3 is 2.05 bits per heavy atom. The van der Waals surface area contributed by atoms with Gasteiger partial charge in [-0.1, -0.05) is 18.9 Å². The van der Waals surface area contributed by atoms with E-state index in [1.54, 1.807) is 0 Å². The fourth-order valence-corrected chi connectivity index (χ4v) is 4.80. The van der Waals surface area contributed by atoms with Gasteiger partial charge in [-0.3, -0.25) is 0 Å². The molecule has 3 saturated heterocycles. The third-order valence-corrected chi connectivity index (χ3v) is 7.38. The third kappa shape index (κ3) is 8.60. The average molecular weight is 601 g/mol. The van der Waals surface area contributed by atoms with Crippen molar-refractivity contribution in [1.82, 2.24) is 0 Å². The van der Waals surface area contributed by atoms with Gasteiger partial charge in [0.15, 0.2) is 18.9 Å². The van der Waals surface area contributed by atoms with Crippen LogP contribution in [0, 0.1) is 0 Å². The summed E-state index contributed by atoms with van der Waals surface area (Å²) in [5, 5.41) is 101. The molecule has 0 unspecified atom stereocenters. The van der Waals surface area contributed by atoms with E-state index >= 15 is 0 Å². The minimum atomic E-state index is -1.81. The van der Waals surface area contributed by atoms with E-state index in [0.717, 1.165) is 0 Å². The van der Waals surface area contributed by atoms with Crippen LogP contribution in [0.25, 0.3) is 0 Å².